The summed E-state index contributed by atoms with van der Waals surface area (Å²) < 4.78 is 6.40. The van der Waals surface area contributed by atoms with E-state index in [1.807, 2.05) is 0 Å². The van der Waals surface area contributed by atoms with Gasteiger partial charge in [-0.1, -0.05) is 44.2 Å². The van der Waals surface area contributed by atoms with Crippen LogP contribution in [0.15, 0.2) is 30.3 Å². The highest BCUT2D eigenvalue weighted by atomic mass is 16.5. The zero-order valence-corrected chi connectivity index (χ0v) is 12.2. The van der Waals surface area contributed by atoms with Crippen molar-refractivity contribution in [2.24, 2.45) is 5.92 Å². The van der Waals surface area contributed by atoms with Crippen LogP contribution in [-0.2, 0) is 4.74 Å². The van der Waals surface area contributed by atoms with Crippen LogP contribution in [0.2, 0.25) is 0 Å². The molecule has 2 rings (SSSR count). The topological polar surface area (TPSA) is 12.5 Å². The summed E-state index contributed by atoms with van der Waals surface area (Å²) in [5, 5.41) is 0. The van der Waals surface area contributed by atoms with Crippen molar-refractivity contribution in [2.75, 3.05) is 7.05 Å². The lowest BCUT2D eigenvalue weighted by atomic mass is 10.00. The van der Waals surface area contributed by atoms with Crippen molar-refractivity contribution in [3.63, 3.8) is 0 Å². The zero-order valence-electron chi connectivity index (χ0n) is 12.2. The van der Waals surface area contributed by atoms with E-state index < -0.39 is 0 Å². The molecule has 1 aromatic rings. The molecular formula is C16H25NO. The van der Waals surface area contributed by atoms with Gasteiger partial charge in [-0.2, -0.15) is 0 Å². The molecule has 2 nitrogen and oxygen atoms in total. The molecule has 100 valence electrons. The molecule has 0 bridgehead atoms. The van der Waals surface area contributed by atoms with Crippen molar-refractivity contribution in [3.05, 3.63) is 35.9 Å². The van der Waals surface area contributed by atoms with Crippen molar-refractivity contribution in [2.45, 2.75) is 52.0 Å². The summed E-state index contributed by atoms with van der Waals surface area (Å²) in [6, 6.07) is 11.0. The molecular weight excluding hydrogens is 222 g/mol. The summed E-state index contributed by atoms with van der Waals surface area (Å²) in [6.45, 7) is 8.97. The molecule has 1 aliphatic heterocycles. The molecule has 2 heteroatoms. The van der Waals surface area contributed by atoms with E-state index in [1.165, 1.54) is 5.56 Å². The smallest absolute Gasteiger partial charge is 0.120 e. The Labute approximate surface area is 111 Å². The highest BCUT2D eigenvalue weighted by molar-refractivity contribution is 5.20. The van der Waals surface area contributed by atoms with Crippen LogP contribution in [-0.4, -0.2) is 23.7 Å². The van der Waals surface area contributed by atoms with Gasteiger partial charge in [0.25, 0.3) is 0 Å². The lowest BCUT2D eigenvalue weighted by molar-refractivity contribution is -0.0960. The summed E-state index contributed by atoms with van der Waals surface area (Å²) in [6.07, 6.45) is 1.25. The van der Waals surface area contributed by atoms with Crippen molar-refractivity contribution in [1.82, 2.24) is 4.90 Å². The van der Waals surface area contributed by atoms with Crippen molar-refractivity contribution >= 4 is 0 Å². The molecule has 1 saturated heterocycles. The van der Waals surface area contributed by atoms with Gasteiger partial charge in [0.1, 0.15) is 11.8 Å². The molecule has 0 radical (unpaired) electrons. The molecule has 0 aliphatic carbocycles. The number of ether oxygens (including phenoxy) is 1. The number of hydrogen-bond donors (Lipinski definition) is 0. The minimum absolute atomic E-state index is 0.145. The number of rotatable bonds is 3. The molecule has 18 heavy (non-hydrogen) atoms. The minimum Gasteiger partial charge on any atom is -0.351 e. The fourth-order valence-electron chi connectivity index (χ4n) is 3.03. The Hall–Kier alpha value is -0.860. The Morgan fingerprint density at radius 1 is 1.28 bits per heavy atom. The second-order valence-corrected chi connectivity index (χ2v) is 6.07. The van der Waals surface area contributed by atoms with E-state index in [9.17, 15) is 0 Å². The first-order valence-corrected chi connectivity index (χ1v) is 6.90. The summed E-state index contributed by atoms with van der Waals surface area (Å²) in [5.41, 5.74) is 1.14. The lowest BCUT2D eigenvalue weighted by Crippen LogP contribution is -2.43. The van der Waals surface area contributed by atoms with Crippen molar-refractivity contribution in [1.29, 1.82) is 0 Å². The second-order valence-electron chi connectivity index (χ2n) is 6.07. The van der Waals surface area contributed by atoms with Crippen LogP contribution in [0.3, 0.4) is 0 Å². The largest absolute Gasteiger partial charge is 0.351 e. The van der Waals surface area contributed by atoms with Gasteiger partial charge in [0.2, 0.25) is 0 Å². The molecule has 1 heterocycles. The monoisotopic (exact) mass is 247 g/mol. The number of likely N-dealkylation sites (N-methyl/N-ethyl adjacent to an activating group) is 1. The Kier molecular flexibility index (Phi) is 3.79. The van der Waals surface area contributed by atoms with Crippen LogP contribution < -0.4 is 0 Å². The highest BCUT2D eigenvalue weighted by Crippen LogP contribution is 2.42. The molecule has 0 N–H and O–H groups in total. The molecule has 0 spiro atoms. The van der Waals surface area contributed by atoms with Crippen LogP contribution in [0.5, 0.6) is 0 Å². The first-order valence-electron chi connectivity index (χ1n) is 6.90. The van der Waals surface area contributed by atoms with Crippen LogP contribution >= 0.6 is 0 Å². The Balaban J connectivity index is 2.22. The molecule has 1 aromatic carbocycles. The highest BCUT2D eigenvalue weighted by Gasteiger charge is 2.46. The van der Waals surface area contributed by atoms with Crippen LogP contribution in [0.4, 0.5) is 0 Å². The van der Waals surface area contributed by atoms with Crippen LogP contribution in [0.25, 0.3) is 0 Å². The SMILES string of the molecule is CC(C)C[C@@]1(C)O[C@@H](c2ccccc2)[C@H](C)N1C. The van der Waals surface area contributed by atoms with Gasteiger partial charge in [0.15, 0.2) is 0 Å². The predicted octanol–water partition coefficient (Wildman–Crippen LogP) is 3.84. The maximum absolute atomic E-state index is 6.40. The summed E-state index contributed by atoms with van der Waals surface area (Å²) in [5.74, 6) is 0.638. The summed E-state index contributed by atoms with van der Waals surface area (Å²) >= 11 is 0. The van der Waals surface area contributed by atoms with E-state index in [4.69, 9.17) is 4.74 Å². The molecule has 1 fully saturated rings. The third kappa shape index (κ3) is 2.45. The average Bonchev–Trinajstić information content (AvgIpc) is 2.54. The Morgan fingerprint density at radius 3 is 2.44 bits per heavy atom. The zero-order chi connectivity index (χ0) is 13.3. The lowest BCUT2D eigenvalue weighted by Gasteiger charge is -2.33. The third-order valence-corrected chi connectivity index (χ3v) is 4.09. The number of benzene rings is 1. The van der Waals surface area contributed by atoms with E-state index in [0.29, 0.717) is 12.0 Å². The van der Waals surface area contributed by atoms with Gasteiger partial charge >= 0.3 is 0 Å². The van der Waals surface area contributed by atoms with E-state index in [2.05, 4.69) is 70.0 Å². The first-order chi connectivity index (χ1) is 8.44. The average molecular weight is 247 g/mol. The van der Waals surface area contributed by atoms with E-state index in [-0.39, 0.29) is 11.8 Å². The van der Waals surface area contributed by atoms with E-state index in [0.717, 1.165) is 6.42 Å². The predicted molar refractivity (Wildman–Crippen MR) is 75.4 cm³/mol. The number of hydrogen-bond acceptors (Lipinski definition) is 2. The maximum atomic E-state index is 6.40. The molecule has 1 aliphatic rings. The van der Waals surface area contributed by atoms with Crippen molar-refractivity contribution < 1.29 is 4.74 Å². The molecule has 0 aromatic heterocycles. The Morgan fingerprint density at radius 2 is 1.89 bits per heavy atom. The standard InChI is InChI=1S/C16H25NO/c1-12(2)11-16(4)17(5)13(3)15(18-16)14-9-7-6-8-10-14/h6-10,12-13,15H,11H2,1-5H3/t13-,15+,16+/m0/s1. The fourth-order valence-corrected chi connectivity index (χ4v) is 3.03. The van der Waals surface area contributed by atoms with Gasteiger partial charge in [-0.15, -0.1) is 0 Å². The van der Waals surface area contributed by atoms with Crippen LogP contribution in [0, 0.1) is 5.92 Å². The van der Waals surface area contributed by atoms with Gasteiger partial charge in [0.05, 0.1) is 0 Å². The fraction of sp³-hybridized carbons (Fsp3) is 0.625. The quantitative estimate of drug-likeness (QED) is 0.804. The van der Waals surface area contributed by atoms with Gasteiger partial charge in [-0.05, 0) is 38.8 Å². The first kappa shape index (κ1) is 13.6. The van der Waals surface area contributed by atoms with Gasteiger partial charge in [0, 0.05) is 6.04 Å². The summed E-state index contributed by atoms with van der Waals surface area (Å²) in [7, 11) is 2.18. The molecule has 3 atom stereocenters. The maximum Gasteiger partial charge on any atom is 0.120 e. The normalized spacial score (nSPS) is 33.2. The number of nitrogens with zero attached hydrogens (tertiary/aromatic N) is 1. The molecule has 0 amide bonds. The van der Waals surface area contributed by atoms with E-state index >= 15 is 0 Å². The van der Waals surface area contributed by atoms with Gasteiger partial charge in [-0.25, -0.2) is 0 Å². The minimum atomic E-state index is -0.145. The van der Waals surface area contributed by atoms with Crippen molar-refractivity contribution in [3.8, 4) is 0 Å². The molecule has 0 saturated carbocycles. The Bertz CT molecular complexity index is 389. The van der Waals surface area contributed by atoms with Gasteiger partial charge < -0.3 is 4.74 Å². The second kappa shape index (κ2) is 5.02. The van der Waals surface area contributed by atoms with E-state index in [1.54, 1.807) is 0 Å². The van der Waals surface area contributed by atoms with Gasteiger partial charge in [-0.3, -0.25) is 4.90 Å². The summed E-state index contributed by atoms with van der Waals surface area (Å²) in [4.78, 5) is 2.38. The third-order valence-electron chi connectivity index (χ3n) is 4.09. The van der Waals surface area contributed by atoms with Crippen LogP contribution in [0.1, 0.15) is 45.8 Å². The molecule has 0 unspecified atom stereocenters.